The first-order chi connectivity index (χ1) is 12.3. The summed E-state index contributed by atoms with van der Waals surface area (Å²) in [7, 11) is 0. The number of rotatable bonds is 5. The lowest BCUT2D eigenvalue weighted by molar-refractivity contribution is 0.0320. The molecular formula is C20H24ClN3O2. The molecule has 0 atom stereocenters. The van der Waals surface area contributed by atoms with E-state index in [1.165, 1.54) is 10.8 Å². The van der Waals surface area contributed by atoms with E-state index in [0.29, 0.717) is 12.5 Å². The summed E-state index contributed by atoms with van der Waals surface area (Å²) in [5, 5.41) is 7.07. The number of fused-ring (bicyclic) bond motifs is 1. The number of aromatic nitrogens is 2. The maximum absolute atomic E-state index is 5.86. The second-order valence-corrected chi connectivity index (χ2v) is 6.37. The van der Waals surface area contributed by atoms with Crippen LogP contribution in [0.1, 0.15) is 5.69 Å². The standard InChI is InChI=1S/C20H23N3O2.ClH/c1-16-14-20(25-13-10-22-8-11-24-12-9-22)21-23(16)19-7-6-17-4-2-3-5-18(17)15-19;/h2-7,14-15H,8-13H2,1H3;1H. The lowest BCUT2D eigenvalue weighted by Crippen LogP contribution is -2.38. The largest absolute Gasteiger partial charge is 0.475 e. The molecule has 0 N–H and O–H groups in total. The van der Waals surface area contributed by atoms with Crippen molar-refractivity contribution in [2.75, 3.05) is 39.5 Å². The molecular weight excluding hydrogens is 350 g/mol. The maximum atomic E-state index is 5.86. The molecule has 1 aliphatic heterocycles. The van der Waals surface area contributed by atoms with Gasteiger partial charge >= 0.3 is 0 Å². The number of hydrogen-bond donors (Lipinski definition) is 0. The second-order valence-electron chi connectivity index (χ2n) is 6.37. The molecule has 2 heterocycles. The normalized spacial score (nSPS) is 15.0. The van der Waals surface area contributed by atoms with Gasteiger partial charge < -0.3 is 9.47 Å². The smallest absolute Gasteiger partial charge is 0.233 e. The highest BCUT2D eigenvalue weighted by atomic mass is 35.5. The summed E-state index contributed by atoms with van der Waals surface area (Å²) in [4.78, 5) is 2.36. The molecule has 138 valence electrons. The zero-order valence-corrected chi connectivity index (χ0v) is 15.7. The van der Waals surface area contributed by atoms with Crippen molar-refractivity contribution in [1.29, 1.82) is 0 Å². The van der Waals surface area contributed by atoms with Gasteiger partial charge in [-0.1, -0.05) is 30.3 Å². The number of aryl methyl sites for hydroxylation is 1. The van der Waals surface area contributed by atoms with Crippen LogP contribution in [0.5, 0.6) is 5.88 Å². The molecule has 0 amide bonds. The Labute approximate surface area is 159 Å². The molecule has 2 aromatic carbocycles. The topological polar surface area (TPSA) is 39.5 Å². The van der Waals surface area contributed by atoms with Crippen molar-refractivity contribution >= 4 is 23.2 Å². The van der Waals surface area contributed by atoms with Crippen molar-refractivity contribution in [3.63, 3.8) is 0 Å². The van der Waals surface area contributed by atoms with Crippen LogP contribution in [0.25, 0.3) is 16.5 Å². The lowest BCUT2D eigenvalue weighted by Gasteiger charge is -2.26. The summed E-state index contributed by atoms with van der Waals surface area (Å²) in [6.45, 7) is 7.20. The Morgan fingerprint density at radius 3 is 2.62 bits per heavy atom. The zero-order chi connectivity index (χ0) is 17.1. The number of hydrogen-bond acceptors (Lipinski definition) is 4. The summed E-state index contributed by atoms with van der Waals surface area (Å²) in [6, 6.07) is 16.7. The fraction of sp³-hybridized carbons (Fsp3) is 0.350. The van der Waals surface area contributed by atoms with Gasteiger partial charge in [-0.15, -0.1) is 17.5 Å². The quantitative estimate of drug-likeness (QED) is 0.686. The van der Waals surface area contributed by atoms with E-state index in [9.17, 15) is 0 Å². The van der Waals surface area contributed by atoms with Gasteiger partial charge in [0.2, 0.25) is 5.88 Å². The molecule has 6 heteroatoms. The Bertz CT molecular complexity index is 859. The van der Waals surface area contributed by atoms with E-state index in [0.717, 1.165) is 44.2 Å². The molecule has 0 radical (unpaired) electrons. The number of ether oxygens (including phenoxy) is 2. The van der Waals surface area contributed by atoms with E-state index in [2.05, 4.69) is 59.4 Å². The maximum Gasteiger partial charge on any atom is 0.233 e. The minimum Gasteiger partial charge on any atom is -0.475 e. The van der Waals surface area contributed by atoms with Crippen molar-refractivity contribution in [3.05, 3.63) is 54.2 Å². The van der Waals surface area contributed by atoms with Gasteiger partial charge in [0.25, 0.3) is 0 Å². The van der Waals surface area contributed by atoms with Gasteiger partial charge in [0.1, 0.15) is 6.61 Å². The third-order valence-electron chi connectivity index (χ3n) is 4.60. The van der Waals surface area contributed by atoms with Crippen molar-refractivity contribution in [3.8, 4) is 11.6 Å². The van der Waals surface area contributed by atoms with Gasteiger partial charge in [-0.2, -0.15) is 0 Å². The van der Waals surface area contributed by atoms with Crippen LogP contribution >= 0.6 is 12.4 Å². The first kappa shape index (κ1) is 18.7. The number of halogens is 1. The first-order valence-corrected chi connectivity index (χ1v) is 8.78. The fourth-order valence-corrected chi connectivity index (χ4v) is 3.19. The first-order valence-electron chi connectivity index (χ1n) is 8.78. The van der Waals surface area contributed by atoms with Gasteiger partial charge in [0.05, 0.1) is 18.9 Å². The van der Waals surface area contributed by atoms with Gasteiger partial charge in [0.15, 0.2) is 0 Å². The van der Waals surface area contributed by atoms with Gasteiger partial charge in [-0.25, -0.2) is 4.68 Å². The van der Waals surface area contributed by atoms with E-state index in [4.69, 9.17) is 9.47 Å². The third kappa shape index (κ3) is 4.18. The van der Waals surface area contributed by atoms with Crippen LogP contribution in [0.4, 0.5) is 0 Å². The summed E-state index contributed by atoms with van der Waals surface area (Å²) < 4.78 is 13.2. The molecule has 0 saturated carbocycles. The molecule has 0 spiro atoms. The Kier molecular flexibility index (Phi) is 6.14. The fourth-order valence-electron chi connectivity index (χ4n) is 3.19. The zero-order valence-electron chi connectivity index (χ0n) is 14.9. The highest BCUT2D eigenvalue weighted by Crippen LogP contribution is 2.21. The second kappa shape index (κ2) is 8.54. The molecule has 0 aliphatic carbocycles. The summed E-state index contributed by atoms with van der Waals surface area (Å²) in [6.07, 6.45) is 0. The predicted molar refractivity (Wildman–Crippen MR) is 106 cm³/mol. The molecule has 3 aromatic rings. The number of benzene rings is 2. The minimum absolute atomic E-state index is 0. The summed E-state index contributed by atoms with van der Waals surface area (Å²) in [5.41, 5.74) is 2.12. The molecule has 26 heavy (non-hydrogen) atoms. The van der Waals surface area contributed by atoms with Crippen LogP contribution in [-0.4, -0.2) is 54.1 Å². The van der Waals surface area contributed by atoms with Crippen LogP contribution in [0.15, 0.2) is 48.5 Å². The van der Waals surface area contributed by atoms with Crippen LogP contribution in [-0.2, 0) is 4.74 Å². The molecule has 1 aromatic heterocycles. The highest BCUT2D eigenvalue weighted by Gasteiger charge is 2.11. The van der Waals surface area contributed by atoms with E-state index < -0.39 is 0 Å². The molecule has 4 rings (SSSR count). The number of morpholine rings is 1. The Hall–Kier alpha value is -2.08. The van der Waals surface area contributed by atoms with Crippen LogP contribution in [0.3, 0.4) is 0 Å². The molecule has 0 unspecified atom stereocenters. The molecule has 5 nitrogen and oxygen atoms in total. The van der Waals surface area contributed by atoms with Gasteiger partial charge in [0, 0.05) is 31.4 Å². The van der Waals surface area contributed by atoms with Crippen molar-refractivity contribution in [1.82, 2.24) is 14.7 Å². The van der Waals surface area contributed by atoms with Crippen molar-refractivity contribution in [2.45, 2.75) is 6.92 Å². The monoisotopic (exact) mass is 373 g/mol. The predicted octanol–water partition coefficient (Wildman–Crippen LogP) is 3.47. The average molecular weight is 374 g/mol. The summed E-state index contributed by atoms with van der Waals surface area (Å²) >= 11 is 0. The SMILES string of the molecule is Cc1cc(OCCN2CCOCC2)nn1-c1ccc2ccccc2c1.Cl. The van der Waals surface area contributed by atoms with Gasteiger partial charge in [-0.3, -0.25) is 4.90 Å². The van der Waals surface area contributed by atoms with Crippen molar-refractivity contribution in [2.24, 2.45) is 0 Å². The van der Waals surface area contributed by atoms with Gasteiger partial charge in [-0.05, 0) is 29.8 Å². The molecule has 0 bridgehead atoms. The van der Waals surface area contributed by atoms with E-state index in [1.807, 2.05) is 10.7 Å². The Balaban J connectivity index is 0.00000196. The van der Waals surface area contributed by atoms with Crippen LogP contribution in [0, 0.1) is 6.92 Å². The van der Waals surface area contributed by atoms with Crippen molar-refractivity contribution < 1.29 is 9.47 Å². The lowest BCUT2D eigenvalue weighted by atomic mass is 10.1. The minimum atomic E-state index is 0. The molecule has 1 fully saturated rings. The highest BCUT2D eigenvalue weighted by molar-refractivity contribution is 5.85. The molecule has 1 saturated heterocycles. The van der Waals surface area contributed by atoms with Crippen LogP contribution in [0.2, 0.25) is 0 Å². The third-order valence-corrected chi connectivity index (χ3v) is 4.60. The Morgan fingerprint density at radius 1 is 1.04 bits per heavy atom. The van der Waals surface area contributed by atoms with E-state index in [1.54, 1.807) is 0 Å². The average Bonchev–Trinajstić information content (AvgIpc) is 3.03. The number of nitrogens with zero attached hydrogens (tertiary/aromatic N) is 3. The van der Waals surface area contributed by atoms with E-state index >= 15 is 0 Å². The summed E-state index contributed by atoms with van der Waals surface area (Å²) in [5.74, 6) is 0.680. The van der Waals surface area contributed by atoms with E-state index in [-0.39, 0.29) is 12.4 Å². The molecule has 1 aliphatic rings. The van der Waals surface area contributed by atoms with Crippen LogP contribution < -0.4 is 4.74 Å². The Morgan fingerprint density at radius 2 is 1.81 bits per heavy atom.